The summed E-state index contributed by atoms with van der Waals surface area (Å²) in [5.74, 6) is 0.336. The third-order valence-corrected chi connectivity index (χ3v) is 6.74. The summed E-state index contributed by atoms with van der Waals surface area (Å²) in [6.45, 7) is 3.07. The molecular weight excluding hydrogens is 484 g/mol. The number of H-pyrrole nitrogens is 2. The van der Waals surface area contributed by atoms with Crippen molar-refractivity contribution in [1.29, 1.82) is 0 Å². The van der Waals surface area contributed by atoms with Gasteiger partial charge in [0.15, 0.2) is 11.5 Å². The Labute approximate surface area is 217 Å². The molecule has 0 spiro atoms. The average Bonchev–Trinajstić information content (AvgIpc) is 3.56. The molecule has 0 aliphatic carbocycles. The lowest BCUT2D eigenvalue weighted by atomic mass is 10.1. The van der Waals surface area contributed by atoms with Crippen LogP contribution in [0.2, 0.25) is 0 Å². The largest absolute Gasteiger partial charge is 0.355 e. The van der Waals surface area contributed by atoms with Gasteiger partial charge < -0.3 is 25.4 Å². The van der Waals surface area contributed by atoms with Gasteiger partial charge in [-0.25, -0.2) is 14.8 Å². The number of hydrogen-bond donors (Lipinski definition) is 4. The van der Waals surface area contributed by atoms with E-state index in [-0.39, 0.29) is 11.9 Å². The number of hydrogen-bond acceptors (Lipinski definition) is 7. The smallest absolute Gasteiger partial charge is 0.321 e. The zero-order valence-corrected chi connectivity index (χ0v) is 20.9. The van der Waals surface area contributed by atoms with Crippen LogP contribution in [0.25, 0.3) is 44.7 Å². The number of fused-ring (bicyclic) bond motifs is 2. The Morgan fingerprint density at radius 2 is 1.84 bits per heavy atom. The summed E-state index contributed by atoms with van der Waals surface area (Å²) in [5.41, 5.74) is 5.20. The first-order chi connectivity index (χ1) is 18.5. The number of aromatic amines is 2. The highest BCUT2D eigenvalue weighted by atomic mass is 16.2. The minimum Gasteiger partial charge on any atom is -0.355 e. The topological polar surface area (TPSA) is 148 Å². The van der Waals surface area contributed by atoms with Crippen molar-refractivity contribution in [3.63, 3.8) is 0 Å². The molecule has 5 heterocycles. The van der Waals surface area contributed by atoms with Crippen LogP contribution in [-0.2, 0) is 0 Å². The van der Waals surface area contributed by atoms with Gasteiger partial charge in [0, 0.05) is 56.7 Å². The Morgan fingerprint density at radius 1 is 1.03 bits per heavy atom. The molecule has 38 heavy (non-hydrogen) atoms. The van der Waals surface area contributed by atoms with E-state index in [0.717, 1.165) is 35.1 Å². The van der Waals surface area contributed by atoms with Gasteiger partial charge in [0.1, 0.15) is 11.2 Å². The number of nitrogens with one attached hydrogen (secondary N) is 4. The summed E-state index contributed by atoms with van der Waals surface area (Å²) in [5, 5.41) is 13.7. The molecule has 0 unspecified atom stereocenters. The fraction of sp³-hybridized carbons (Fsp3) is 0.231. The Bertz CT molecular complexity index is 1670. The van der Waals surface area contributed by atoms with Crippen molar-refractivity contribution in [3.8, 4) is 22.6 Å². The summed E-state index contributed by atoms with van der Waals surface area (Å²) in [4.78, 5) is 45.9. The van der Waals surface area contributed by atoms with Crippen LogP contribution >= 0.6 is 0 Å². The molecule has 4 N–H and O–H groups in total. The molecule has 1 fully saturated rings. The summed E-state index contributed by atoms with van der Waals surface area (Å²) in [6.07, 6.45) is 5.08. The van der Waals surface area contributed by atoms with Crippen LogP contribution in [0.15, 0.2) is 48.9 Å². The van der Waals surface area contributed by atoms with Crippen LogP contribution in [0.3, 0.4) is 0 Å². The average molecular weight is 511 g/mol. The van der Waals surface area contributed by atoms with Crippen molar-refractivity contribution in [3.05, 3.63) is 54.5 Å². The maximum Gasteiger partial charge on any atom is 0.321 e. The maximum absolute atomic E-state index is 12.7. The molecular formula is C26H26N10O2. The standard InChI is InChI=1S/C26H26N10O2/c1-27-25(37)18-4-3-5-20-21(18)32-24(31-20)22-19-11-16(13-29-23(19)34-33-22)15-10-17(14-28-12-15)30-26(38)36-8-6-35(2)7-9-36/h3-5,10-14H,6-9H2,1-2H3,(H,27,37)(H,30,38)(H,31,32)(H,29,33,34). The Kier molecular flexibility index (Phi) is 5.92. The van der Waals surface area contributed by atoms with Gasteiger partial charge in [-0.15, -0.1) is 0 Å². The van der Waals surface area contributed by atoms with Gasteiger partial charge in [0.05, 0.1) is 28.4 Å². The molecule has 1 saturated heterocycles. The van der Waals surface area contributed by atoms with Gasteiger partial charge in [-0.1, -0.05) is 6.07 Å². The van der Waals surface area contributed by atoms with Gasteiger partial charge in [-0.05, 0) is 31.3 Å². The molecule has 5 aromatic rings. The van der Waals surface area contributed by atoms with E-state index >= 15 is 0 Å². The molecule has 12 nitrogen and oxygen atoms in total. The SMILES string of the molecule is CNC(=O)c1cccc2[nH]c(-c3[nH]nc4ncc(-c5cncc(NC(=O)N6CCN(C)CC6)c5)cc34)nc12. The fourth-order valence-electron chi connectivity index (χ4n) is 4.58. The van der Waals surface area contributed by atoms with E-state index in [1.165, 1.54) is 0 Å². The van der Waals surface area contributed by atoms with Gasteiger partial charge in [-0.3, -0.25) is 14.9 Å². The highest BCUT2D eigenvalue weighted by molar-refractivity contribution is 6.05. The summed E-state index contributed by atoms with van der Waals surface area (Å²) >= 11 is 0. The maximum atomic E-state index is 12.7. The number of anilines is 1. The number of carbonyl (C=O) groups excluding carboxylic acids is 2. The normalized spacial score (nSPS) is 14.2. The summed E-state index contributed by atoms with van der Waals surface area (Å²) < 4.78 is 0. The highest BCUT2D eigenvalue weighted by Gasteiger charge is 2.20. The number of para-hydroxylation sites is 1. The molecule has 6 rings (SSSR count). The zero-order valence-electron chi connectivity index (χ0n) is 20.9. The van der Waals surface area contributed by atoms with E-state index in [2.05, 4.69) is 52.7 Å². The van der Waals surface area contributed by atoms with Gasteiger partial charge in [0.25, 0.3) is 5.91 Å². The number of carbonyl (C=O) groups is 2. The van der Waals surface area contributed by atoms with Crippen molar-refractivity contribution in [2.45, 2.75) is 0 Å². The number of piperazine rings is 1. The molecule has 1 aliphatic rings. The van der Waals surface area contributed by atoms with E-state index < -0.39 is 0 Å². The minimum absolute atomic E-state index is 0.135. The van der Waals surface area contributed by atoms with Crippen LogP contribution in [-0.4, -0.2) is 92.1 Å². The van der Waals surface area contributed by atoms with Crippen molar-refractivity contribution in [2.24, 2.45) is 0 Å². The number of amides is 3. The molecule has 3 amide bonds. The first-order valence-corrected chi connectivity index (χ1v) is 12.3. The minimum atomic E-state index is -0.209. The Hall–Kier alpha value is -4.84. The van der Waals surface area contributed by atoms with Crippen molar-refractivity contribution in [1.82, 2.24) is 45.2 Å². The van der Waals surface area contributed by atoms with Crippen molar-refractivity contribution >= 4 is 39.7 Å². The molecule has 192 valence electrons. The van der Waals surface area contributed by atoms with Crippen LogP contribution in [0.1, 0.15) is 10.4 Å². The van der Waals surface area contributed by atoms with Gasteiger partial charge in [-0.2, -0.15) is 5.10 Å². The van der Waals surface area contributed by atoms with Crippen LogP contribution in [0.4, 0.5) is 10.5 Å². The number of likely N-dealkylation sites (N-methyl/N-ethyl adjacent to an activating group) is 1. The summed E-state index contributed by atoms with van der Waals surface area (Å²) in [7, 11) is 3.64. The molecule has 1 aromatic carbocycles. The number of imidazole rings is 1. The lowest BCUT2D eigenvalue weighted by molar-refractivity contribution is 0.0964. The van der Waals surface area contributed by atoms with E-state index in [4.69, 9.17) is 0 Å². The van der Waals surface area contributed by atoms with Gasteiger partial charge in [0.2, 0.25) is 0 Å². The monoisotopic (exact) mass is 510 g/mol. The lowest BCUT2D eigenvalue weighted by Crippen LogP contribution is -2.48. The number of benzene rings is 1. The molecule has 0 radical (unpaired) electrons. The number of pyridine rings is 2. The number of urea groups is 1. The third kappa shape index (κ3) is 4.30. The third-order valence-electron chi connectivity index (χ3n) is 6.74. The number of rotatable bonds is 4. The van der Waals surface area contributed by atoms with Gasteiger partial charge >= 0.3 is 6.03 Å². The first-order valence-electron chi connectivity index (χ1n) is 12.3. The molecule has 1 aliphatic heterocycles. The zero-order chi connectivity index (χ0) is 26.2. The molecule has 12 heteroatoms. The van der Waals surface area contributed by atoms with Crippen LogP contribution in [0, 0.1) is 0 Å². The van der Waals surface area contributed by atoms with E-state index in [9.17, 15) is 9.59 Å². The highest BCUT2D eigenvalue weighted by Crippen LogP contribution is 2.30. The number of aromatic nitrogens is 6. The molecule has 4 aromatic heterocycles. The van der Waals surface area contributed by atoms with E-state index in [0.29, 0.717) is 47.0 Å². The second-order valence-corrected chi connectivity index (χ2v) is 9.24. The Balaban J connectivity index is 1.31. The molecule has 0 atom stereocenters. The second-order valence-electron chi connectivity index (χ2n) is 9.24. The lowest BCUT2D eigenvalue weighted by Gasteiger charge is -2.32. The Morgan fingerprint density at radius 3 is 2.66 bits per heavy atom. The fourth-order valence-corrected chi connectivity index (χ4v) is 4.58. The van der Waals surface area contributed by atoms with Crippen LogP contribution in [0.5, 0.6) is 0 Å². The van der Waals surface area contributed by atoms with Crippen molar-refractivity contribution in [2.75, 3.05) is 45.6 Å². The van der Waals surface area contributed by atoms with Crippen LogP contribution < -0.4 is 10.6 Å². The molecule has 0 bridgehead atoms. The first kappa shape index (κ1) is 23.6. The predicted octanol–water partition coefficient (Wildman–Crippen LogP) is 2.70. The van der Waals surface area contributed by atoms with E-state index in [1.54, 1.807) is 36.6 Å². The molecule has 0 saturated carbocycles. The summed E-state index contributed by atoms with van der Waals surface area (Å²) in [6, 6.07) is 9.11. The quantitative estimate of drug-likeness (QED) is 0.291. The van der Waals surface area contributed by atoms with E-state index in [1.807, 2.05) is 24.3 Å². The van der Waals surface area contributed by atoms with Crippen molar-refractivity contribution < 1.29 is 9.59 Å². The second kappa shape index (κ2) is 9.56. The predicted molar refractivity (Wildman–Crippen MR) is 144 cm³/mol. The number of nitrogens with zero attached hydrogens (tertiary/aromatic N) is 6.